The van der Waals surface area contributed by atoms with Crippen molar-refractivity contribution in [1.82, 2.24) is 14.8 Å². The van der Waals surface area contributed by atoms with Gasteiger partial charge in [-0.05, 0) is 45.1 Å². The van der Waals surface area contributed by atoms with Crippen molar-refractivity contribution in [2.75, 3.05) is 26.2 Å². The van der Waals surface area contributed by atoms with Crippen molar-refractivity contribution in [2.45, 2.75) is 46.1 Å². The lowest BCUT2D eigenvalue weighted by Gasteiger charge is -2.39. The number of rotatable bonds is 3. The van der Waals surface area contributed by atoms with Gasteiger partial charge in [0.25, 0.3) is 0 Å². The van der Waals surface area contributed by atoms with E-state index in [1.165, 1.54) is 17.8 Å². The number of halogens is 1. The van der Waals surface area contributed by atoms with Gasteiger partial charge in [-0.3, -0.25) is 9.59 Å². The van der Waals surface area contributed by atoms with Crippen LogP contribution in [0.25, 0.3) is 0 Å². The van der Waals surface area contributed by atoms with E-state index in [-0.39, 0.29) is 23.2 Å². The maximum Gasteiger partial charge on any atom is 0.307 e. The van der Waals surface area contributed by atoms with Gasteiger partial charge in [0.15, 0.2) is 0 Å². The SMILES string of the molecule is Cc1sc(=O)n(CCC(=O)N2CCC3(CCNC3)CC2)c1C.Cl. The minimum Gasteiger partial charge on any atom is -0.343 e. The van der Waals surface area contributed by atoms with E-state index in [1.807, 2.05) is 18.7 Å². The highest BCUT2D eigenvalue weighted by atomic mass is 35.5. The lowest BCUT2D eigenvalue weighted by molar-refractivity contribution is -0.133. The molecular formula is C16H26ClN3O2S. The second kappa shape index (κ2) is 7.36. The highest BCUT2D eigenvalue weighted by Crippen LogP contribution is 2.36. The monoisotopic (exact) mass is 359 g/mol. The number of aromatic nitrogens is 1. The van der Waals surface area contributed by atoms with Gasteiger partial charge in [-0.1, -0.05) is 11.3 Å². The van der Waals surface area contributed by atoms with Gasteiger partial charge in [-0.25, -0.2) is 0 Å². The fourth-order valence-electron chi connectivity index (χ4n) is 3.66. The third kappa shape index (κ3) is 3.80. The number of amides is 1. The number of hydrogen-bond donors (Lipinski definition) is 1. The molecule has 0 radical (unpaired) electrons. The number of carbonyl (C=O) groups excluding carboxylic acids is 1. The quantitative estimate of drug-likeness (QED) is 0.897. The Labute approximate surface area is 147 Å². The van der Waals surface area contributed by atoms with Crippen LogP contribution in [0.15, 0.2) is 4.79 Å². The number of piperidine rings is 1. The Morgan fingerprint density at radius 3 is 2.48 bits per heavy atom. The van der Waals surface area contributed by atoms with Crippen LogP contribution in [0.2, 0.25) is 0 Å². The van der Waals surface area contributed by atoms with Crippen molar-refractivity contribution in [1.29, 1.82) is 0 Å². The van der Waals surface area contributed by atoms with Crippen LogP contribution in [0, 0.1) is 19.3 Å². The van der Waals surface area contributed by atoms with E-state index < -0.39 is 0 Å². The first-order chi connectivity index (χ1) is 10.5. The third-order valence-electron chi connectivity index (χ3n) is 5.43. The van der Waals surface area contributed by atoms with Crippen LogP contribution in [0.5, 0.6) is 0 Å². The maximum absolute atomic E-state index is 12.4. The number of nitrogens with zero attached hydrogens (tertiary/aromatic N) is 2. The lowest BCUT2D eigenvalue weighted by atomic mass is 9.78. The molecule has 1 aromatic heterocycles. The van der Waals surface area contributed by atoms with E-state index in [9.17, 15) is 9.59 Å². The van der Waals surface area contributed by atoms with Gasteiger partial charge in [0, 0.05) is 43.2 Å². The first-order valence-corrected chi connectivity index (χ1v) is 8.98. The summed E-state index contributed by atoms with van der Waals surface area (Å²) in [4.78, 5) is 27.4. The number of nitrogens with one attached hydrogen (secondary N) is 1. The fourth-order valence-corrected chi connectivity index (χ4v) is 4.52. The van der Waals surface area contributed by atoms with E-state index in [2.05, 4.69) is 5.32 Å². The molecule has 0 saturated carbocycles. The Bertz CT molecular complexity index is 609. The van der Waals surface area contributed by atoms with E-state index in [0.717, 1.165) is 49.6 Å². The molecule has 0 bridgehead atoms. The van der Waals surface area contributed by atoms with E-state index in [4.69, 9.17) is 0 Å². The second-order valence-electron chi connectivity index (χ2n) is 6.72. The van der Waals surface area contributed by atoms with E-state index in [1.54, 1.807) is 4.57 Å². The molecule has 5 nitrogen and oxygen atoms in total. The smallest absolute Gasteiger partial charge is 0.307 e. The molecule has 0 aliphatic carbocycles. The highest BCUT2D eigenvalue weighted by Gasteiger charge is 2.37. The minimum absolute atomic E-state index is 0. The molecule has 1 aromatic rings. The van der Waals surface area contributed by atoms with Crippen LogP contribution in [0.4, 0.5) is 0 Å². The molecule has 130 valence electrons. The second-order valence-corrected chi connectivity index (χ2v) is 7.88. The summed E-state index contributed by atoms with van der Waals surface area (Å²) in [5, 5.41) is 3.45. The molecule has 1 amide bonds. The van der Waals surface area contributed by atoms with Gasteiger partial charge in [0.1, 0.15) is 0 Å². The number of likely N-dealkylation sites (tertiary alicyclic amines) is 1. The first kappa shape index (κ1) is 18.5. The largest absolute Gasteiger partial charge is 0.343 e. The van der Waals surface area contributed by atoms with Gasteiger partial charge in [0.05, 0.1) is 0 Å². The number of aryl methyl sites for hydroxylation is 1. The average Bonchev–Trinajstić information content (AvgIpc) is 3.04. The molecule has 2 aliphatic heterocycles. The lowest BCUT2D eigenvalue weighted by Crippen LogP contribution is -2.44. The Kier molecular flexibility index (Phi) is 5.92. The van der Waals surface area contributed by atoms with Crippen molar-refractivity contribution in [3.63, 3.8) is 0 Å². The average molecular weight is 360 g/mol. The normalized spacial score (nSPS) is 19.8. The van der Waals surface area contributed by atoms with Crippen LogP contribution >= 0.6 is 23.7 Å². The fraction of sp³-hybridized carbons (Fsp3) is 0.750. The van der Waals surface area contributed by atoms with Crippen molar-refractivity contribution in [3.8, 4) is 0 Å². The summed E-state index contributed by atoms with van der Waals surface area (Å²) in [6.07, 6.45) is 3.91. The molecule has 0 aromatic carbocycles. The predicted molar refractivity (Wildman–Crippen MR) is 95.7 cm³/mol. The van der Waals surface area contributed by atoms with Gasteiger partial charge in [-0.2, -0.15) is 0 Å². The molecule has 7 heteroatoms. The molecule has 1 spiro atoms. The van der Waals surface area contributed by atoms with Gasteiger partial charge < -0.3 is 14.8 Å². The molecule has 3 rings (SSSR count). The van der Waals surface area contributed by atoms with Gasteiger partial charge in [-0.15, -0.1) is 12.4 Å². The molecular weight excluding hydrogens is 334 g/mol. The topological polar surface area (TPSA) is 54.3 Å². The van der Waals surface area contributed by atoms with Crippen molar-refractivity contribution in [3.05, 3.63) is 20.2 Å². The van der Waals surface area contributed by atoms with Crippen LogP contribution in [0.1, 0.15) is 36.3 Å². The van der Waals surface area contributed by atoms with Crippen molar-refractivity contribution < 1.29 is 4.79 Å². The molecule has 0 atom stereocenters. The number of hydrogen-bond acceptors (Lipinski definition) is 4. The molecule has 0 unspecified atom stereocenters. The summed E-state index contributed by atoms with van der Waals surface area (Å²) in [5.74, 6) is 0.191. The molecule has 23 heavy (non-hydrogen) atoms. The van der Waals surface area contributed by atoms with E-state index >= 15 is 0 Å². The van der Waals surface area contributed by atoms with Crippen LogP contribution in [0.3, 0.4) is 0 Å². The summed E-state index contributed by atoms with van der Waals surface area (Å²) < 4.78 is 1.74. The molecule has 2 aliphatic rings. The number of thiazole rings is 1. The summed E-state index contributed by atoms with van der Waals surface area (Å²) in [7, 11) is 0. The Hall–Kier alpha value is -0.850. The van der Waals surface area contributed by atoms with Crippen LogP contribution in [-0.4, -0.2) is 41.6 Å². The Balaban J connectivity index is 0.00000192. The van der Waals surface area contributed by atoms with Crippen molar-refractivity contribution >= 4 is 29.7 Å². The zero-order valence-electron chi connectivity index (χ0n) is 13.9. The third-order valence-corrected chi connectivity index (χ3v) is 6.43. The summed E-state index contributed by atoms with van der Waals surface area (Å²) >= 11 is 1.27. The van der Waals surface area contributed by atoms with Gasteiger partial charge >= 0.3 is 4.87 Å². The summed E-state index contributed by atoms with van der Waals surface area (Å²) in [6, 6.07) is 0. The maximum atomic E-state index is 12.4. The standard InChI is InChI=1S/C16H25N3O2S.ClH/c1-12-13(2)22-15(21)19(12)8-3-14(20)18-9-5-16(6-10-18)4-7-17-11-16;/h17H,3-11H2,1-2H3;1H. The van der Waals surface area contributed by atoms with Gasteiger partial charge in [0.2, 0.25) is 5.91 Å². The molecule has 2 fully saturated rings. The zero-order chi connectivity index (χ0) is 15.7. The summed E-state index contributed by atoms with van der Waals surface area (Å²) in [5.41, 5.74) is 1.44. The van der Waals surface area contributed by atoms with E-state index in [0.29, 0.717) is 18.4 Å². The highest BCUT2D eigenvalue weighted by molar-refractivity contribution is 7.09. The van der Waals surface area contributed by atoms with Crippen molar-refractivity contribution in [2.24, 2.45) is 5.41 Å². The predicted octanol–water partition coefficient (Wildman–Crippen LogP) is 1.94. The number of carbonyl (C=O) groups is 1. The molecule has 3 heterocycles. The van der Waals surface area contributed by atoms with Crippen LogP contribution in [-0.2, 0) is 11.3 Å². The Morgan fingerprint density at radius 2 is 1.96 bits per heavy atom. The molecule has 2 saturated heterocycles. The summed E-state index contributed by atoms with van der Waals surface area (Å²) in [6.45, 7) is 8.39. The minimum atomic E-state index is 0. The zero-order valence-corrected chi connectivity index (χ0v) is 15.5. The first-order valence-electron chi connectivity index (χ1n) is 8.16. The molecule has 1 N–H and O–H groups in total. The Morgan fingerprint density at radius 1 is 1.26 bits per heavy atom. The van der Waals surface area contributed by atoms with Crippen LogP contribution < -0.4 is 10.2 Å².